The Morgan fingerprint density at radius 1 is 1.10 bits per heavy atom. The first-order chi connectivity index (χ1) is 9.78. The summed E-state index contributed by atoms with van der Waals surface area (Å²) in [5.41, 5.74) is 1.31. The van der Waals surface area contributed by atoms with Crippen molar-refractivity contribution < 1.29 is 0 Å². The van der Waals surface area contributed by atoms with Crippen molar-refractivity contribution in [3.05, 3.63) is 58.0 Å². The van der Waals surface area contributed by atoms with Crippen molar-refractivity contribution in [3.63, 3.8) is 0 Å². The van der Waals surface area contributed by atoms with Gasteiger partial charge in [0.25, 0.3) is 0 Å². The molecule has 0 amide bonds. The normalized spacial score (nSPS) is 12.7. The minimum absolute atomic E-state index is 0.258. The molecule has 20 heavy (non-hydrogen) atoms. The van der Waals surface area contributed by atoms with Crippen molar-refractivity contribution in [3.8, 4) is 0 Å². The second kappa shape index (κ2) is 5.69. The molecular weight excluding hydrogens is 266 g/mol. The highest BCUT2D eigenvalue weighted by molar-refractivity contribution is 7.11. The molecule has 1 aromatic heterocycles. The number of nitrogens with one attached hydrogen (secondary N) is 1. The van der Waals surface area contributed by atoms with Gasteiger partial charge in [0.1, 0.15) is 10.0 Å². The lowest BCUT2D eigenvalue weighted by Crippen LogP contribution is -2.11. The van der Waals surface area contributed by atoms with Gasteiger partial charge in [0.2, 0.25) is 0 Å². The van der Waals surface area contributed by atoms with E-state index in [-0.39, 0.29) is 6.04 Å². The summed E-state index contributed by atoms with van der Waals surface area (Å²) in [7, 11) is 1.94. The van der Waals surface area contributed by atoms with Crippen molar-refractivity contribution in [2.75, 3.05) is 7.05 Å². The van der Waals surface area contributed by atoms with Gasteiger partial charge in [0, 0.05) is 6.42 Å². The molecule has 0 aliphatic carbocycles. The summed E-state index contributed by atoms with van der Waals surface area (Å²) in [6.45, 7) is 2.10. The van der Waals surface area contributed by atoms with Crippen LogP contribution in [0.15, 0.2) is 42.5 Å². The zero-order valence-electron chi connectivity index (χ0n) is 11.6. The third kappa shape index (κ3) is 2.57. The van der Waals surface area contributed by atoms with Crippen LogP contribution < -0.4 is 5.32 Å². The van der Waals surface area contributed by atoms with Crippen molar-refractivity contribution in [1.82, 2.24) is 15.5 Å². The average molecular weight is 283 g/mol. The van der Waals surface area contributed by atoms with E-state index in [1.165, 1.54) is 16.3 Å². The Bertz CT molecular complexity index is 715. The van der Waals surface area contributed by atoms with Gasteiger partial charge < -0.3 is 5.32 Å². The number of rotatable bonds is 4. The maximum Gasteiger partial charge on any atom is 0.134 e. The summed E-state index contributed by atoms with van der Waals surface area (Å²) in [4.78, 5) is 0. The molecule has 3 aromatic rings. The zero-order valence-corrected chi connectivity index (χ0v) is 12.4. The van der Waals surface area contributed by atoms with Crippen molar-refractivity contribution >= 4 is 22.1 Å². The molecule has 3 nitrogen and oxygen atoms in total. The van der Waals surface area contributed by atoms with Gasteiger partial charge >= 0.3 is 0 Å². The minimum Gasteiger partial charge on any atom is -0.311 e. The second-order valence-corrected chi connectivity index (χ2v) is 5.95. The molecule has 0 saturated heterocycles. The fraction of sp³-hybridized carbons (Fsp3) is 0.250. The molecule has 0 bridgehead atoms. The summed E-state index contributed by atoms with van der Waals surface area (Å²) in [6.07, 6.45) is 0.843. The number of fused-ring (bicyclic) bond motifs is 1. The van der Waals surface area contributed by atoms with Crippen LogP contribution in [0.2, 0.25) is 0 Å². The van der Waals surface area contributed by atoms with E-state index in [1.807, 2.05) is 7.05 Å². The van der Waals surface area contributed by atoms with Gasteiger partial charge in [-0.1, -0.05) is 53.8 Å². The maximum atomic E-state index is 4.32. The SMILES string of the molecule is CNC(C)c1nnc(Cc2cccc3ccccc23)s1. The van der Waals surface area contributed by atoms with Crippen LogP contribution in [0.25, 0.3) is 10.8 Å². The van der Waals surface area contributed by atoms with Crippen LogP contribution in [-0.2, 0) is 6.42 Å². The lowest BCUT2D eigenvalue weighted by Gasteiger charge is -2.04. The average Bonchev–Trinajstić information content (AvgIpc) is 2.95. The lowest BCUT2D eigenvalue weighted by atomic mass is 10.0. The smallest absolute Gasteiger partial charge is 0.134 e. The molecule has 0 aliphatic heterocycles. The van der Waals surface area contributed by atoms with E-state index in [9.17, 15) is 0 Å². The number of hydrogen-bond acceptors (Lipinski definition) is 4. The topological polar surface area (TPSA) is 37.8 Å². The highest BCUT2D eigenvalue weighted by Gasteiger charge is 2.11. The number of aromatic nitrogens is 2. The van der Waals surface area contributed by atoms with E-state index >= 15 is 0 Å². The van der Waals surface area contributed by atoms with E-state index in [4.69, 9.17) is 0 Å². The molecule has 3 rings (SSSR count). The van der Waals surface area contributed by atoms with Gasteiger partial charge in [-0.2, -0.15) is 0 Å². The molecule has 0 saturated carbocycles. The van der Waals surface area contributed by atoms with E-state index in [0.29, 0.717) is 0 Å². The molecule has 2 aromatic carbocycles. The predicted octanol–water partition coefficient (Wildman–Crippen LogP) is 3.56. The summed E-state index contributed by atoms with van der Waals surface area (Å²) in [5, 5.41) is 16.5. The maximum absolute atomic E-state index is 4.32. The molecule has 1 atom stereocenters. The molecule has 102 valence electrons. The number of benzene rings is 2. The monoisotopic (exact) mass is 283 g/mol. The van der Waals surface area contributed by atoms with Gasteiger partial charge in [0.05, 0.1) is 6.04 Å². The van der Waals surface area contributed by atoms with E-state index in [2.05, 4.69) is 64.9 Å². The second-order valence-electron chi connectivity index (χ2n) is 4.86. The molecule has 1 unspecified atom stereocenters. The molecule has 0 fully saturated rings. The van der Waals surface area contributed by atoms with Crippen LogP contribution in [0.5, 0.6) is 0 Å². The quantitative estimate of drug-likeness (QED) is 0.795. The molecule has 1 heterocycles. The van der Waals surface area contributed by atoms with E-state index in [0.717, 1.165) is 16.4 Å². The largest absolute Gasteiger partial charge is 0.311 e. The zero-order chi connectivity index (χ0) is 13.9. The number of hydrogen-bond donors (Lipinski definition) is 1. The van der Waals surface area contributed by atoms with E-state index < -0.39 is 0 Å². The highest BCUT2D eigenvalue weighted by Crippen LogP contribution is 2.24. The molecular formula is C16H17N3S. The van der Waals surface area contributed by atoms with E-state index in [1.54, 1.807) is 11.3 Å². The third-order valence-corrected chi connectivity index (χ3v) is 4.61. The summed E-state index contributed by atoms with van der Waals surface area (Å²) < 4.78 is 0. The first-order valence-electron chi connectivity index (χ1n) is 6.74. The standard InChI is InChI=1S/C16H17N3S/c1-11(17-2)16-19-18-15(20-16)10-13-8-5-7-12-6-3-4-9-14(12)13/h3-9,11,17H,10H2,1-2H3. The molecule has 0 aliphatic rings. The Balaban J connectivity index is 1.91. The van der Waals surface area contributed by atoms with Gasteiger partial charge in [-0.05, 0) is 30.3 Å². The van der Waals surface area contributed by atoms with Gasteiger partial charge in [-0.25, -0.2) is 0 Å². The Kier molecular flexibility index (Phi) is 3.76. The molecule has 4 heteroatoms. The van der Waals surface area contributed by atoms with Gasteiger partial charge in [-0.15, -0.1) is 10.2 Å². The Morgan fingerprint density at radius 2 is 1.90 bits per heavy atom. The first kappa shape index (κ1) is 13.2. The Hall–Kier alpha value is -1.78. The van der Waals surface area contributed by atoms with Crippen LogP contribution in [0.3, 0.4) is 0 Å². The Labute approximate surface area is 122 Å². The van der Waals surface area contributed by atoms with Gasteiger partial charge in [-0.3, -0.25) is 0 Å². The van der Waals surface area contributed by atoms with Crippen molar-refractivity contribution in [2.24, 2.45) is 0 Å². The minimum atomic E-state index is 0.258. The van der Waals surface area contributed by atoms with Crippen LogP contribution in [-0.4, -0.2) is 17.2 Å². The highest BCUT2D eigenvalue weighted by atomic mass is 32.1. The molecule has 1 N–H and O–H groups in total. The van der Waals surface area contributed by atoms with Crippen LogP contribution in [0.1, 0.15) is 28.5 Å². The van der Waals surface area contributed by atoms with Gasteiger partial charge in [0.15, 0.2) is 0 Å². The summed E-state index contributed by atoms with van der Waals surface area (Å²) in [5.74, 6) is 0. The predicted molar refractivity (Wildman–Crippen MR) is 84.1 cm³/mol. The molecule has 0 radical (unpaired) electrons. The van der Waals surface area contributed by atoms with Crippen LogP contribution >= 0.6 is 11.3 Å². The van der Waals surface area contributed by atoms with Crippen LogP contribution in [0.4, 0.5) is 0 Å². The lowest BCUT2D eigenvalue weighted by molar-refractivity contribution is 0.639. The molecule has 0 spiro atoms. The van der Waals surface area contributed by atoms with Crippen LogP contribution in [0, 0.1) is 0 Å². The first-order valence-corrected chi connectivity index (χ1v) is 7.56. The third-order valence-electron chi connectivity index (χ3n) is 3.51. The van der Waals surface area contributed by atoms with Crippen molar-refractivity contribution in [2.45, 2.75) is 19.4 Å². The fourth-order valence-corrected chi connectivity index (χ4v) is 3.17. The number of nitrogens with zero attached hydrogens (tertiary/aromatic N) is 2. The summed E-state index contributed by atoms with van der Waals surface area (Å²) >= 11 is 1.68. The Morgan fingerprint density at radius 3 is 2.75 bits per heavy atom. The van der Waals surface area contributed by atoms with Crippen molar-refractivity contribution in [1.29, 1.82) is 0 Å². The fourth-order valence-electron chi connectivity index (χ4n) is 2.25. The summed E-state index contributed by atoms with van der Waals surface area (Å²) in [6, 6.07) is 15.2.